The Kier molecular flexibility index (Phi) is 3.74. The monoisotopic (exact) mass is 208 g/mol. The normalized spacial score (nSPS) is 9.40. The van der Waals surface area contributed by atoms with Crippen LogP contribution in [-0.2, 0) is 0 Å². The number of methoxy groups -OCH3 is 1. The molecule has 15 heavy (non-hydrogen) atoms. The number of carbonyl (C=O) groups is 1. The van der Waals surface area contributed by atoms with Crippen molar-refractivity contribution in [2.45, 2.75) is 0 Å². The summed E-state index contributed by atoms with van der Waals surface area (Å²) in [5, 5.41) is 9.61. The summed E-state index contributed by atoms with van der Waals surface area (Å²) in [5.74, 6) is 0.316. The Hall–Kier alpha value is -1.97. The van der Waals surface area contributed by atoms with E-state index in [1.54, 1.807) is 12.1 Å². The highest BCUT2D eigenvalue weighted by atomic mass is 16.5. The smallest absolute Gasteiger partial charge is 0.203 e. The van der Waals surface area contributed by atoms with Gasteiger partial charge in [-0.1, -0.05) is 12.7 Å². The molecule has 4 heteroatoms. The maximum atomic E-state index is 10.5. The van der Waals surface area contributed by atoms with E-state index in [9.17, 15) is 9.90 Å². The van der Waals surface area contributed by atoms with Crippen LogP contribution in [0.4, 0.5) is 0 Å². The van der Waals surface area contributed by atoms with E-state index in [0.29, 0.717) is 18.6 Å². The summed E-state index contributed by atoms with van der Waals surface area (Å²) in [6.07, 6.45) is 2.12. The number of carbonyl (C=O) groups excluding carboxylic acids is 1. The number of hydrogen-bond donors (Lipinski definition) is 1. The first kappa shape index (κ1) is 11.1. The van der Waals surface area contributed by atoms with Crippen LogP contribution >= 0.6 is 0 Å². The van der Waals surface area contributed by atoms with Crippen molar-refractivity contribution in [1.82, 2.24) is 0 Å². The molecule has 0 fully saturated rings. The molecule has 0 saturated carbocycles. The zero-order valence-corrected chi connectivity index (χ0v) is 8.40. The fourth-order valence-electron chi connectivity index (χ4n) is 1.12. The number of phenols is 1. The van der Waals surface area contributed by atoms with E-state index in [1.807, 2.05) is 0 Å². The first-order valence-electron chi connectivity index (χ1n) is 4.33. The topological polar surface area (TPSA) is 55.8 Å². The zero-order valence-electron chi connectivity index (χ0n) is 8.40. The molecule has 0 amide bonds. The number of benzene rings is 1. The van der Waals surface area contributed by atoms with Crippen molar-refractivity contribution in [3.05, 3.63) is 30.4 Å². The lowest BCUT2D eigenvalue weighted by Crippen LogP contribution is -1.97. The van der Waals surface area contributed by atoms with Gasteiger partial charge in [-0.15, -0.1) is 0 Å². The van der Waals surface area contributed by atoms with Crippen molar-refractivity contribution in [3.8, 4) is 17.2 Å². The maximum absolute atomic E-state index is 10.5. The van der Waals surface area contributed by atoms with Crippen LogP contribution in [0, 0.1) is 0 Å². The van der Waals surface area contributed by atoms with Gasteiger partial charge in [0.25, 0.3) is 0 Å². The van der Waals surface area contributed by atoms with Gasteiger partial charge in [0, 0.05) is 0 Å². The van der Waals surface area contributed by atoms with Crippen LogP contribution in [0.2, 0.25) is 0 Å². The van der Waals surface area contributed by atoms with Crippen LogP contribution < -0.4 is 9.47 Å². The number of rotatable bonds is 5. The minimum Gasteiger partial charge on any atom is -0.504 e. The minimum absolute atomic E-state index is 0.154. The van der Waals surface area contributed by atoms with Gasteiger partial charge in [0.15, 0.2) is 17.8 Å². The van der Waals surface area contributed by atoms with E-state index < -0.39 is 0 Å². The van der Waals surface area contributed by atoms with Gasteiger partial charge in [-0.25, -0.2) is 0 Å². The molecule has 0 aliphatic carbocycles. The SMILES string of the molecule is C=CCOc1ccc(C=O)c(O)c1OC. The second-order valence-corrected chi connectivity index (χ2v) is 2.75. The molecule has 0 aromatic heterocycles. The Morgan fingerprint density at radius 2 is 2.27 bits per heavy atom. The Bertz CT molecular complexity index is 371. The molecule has 0 aliphatic heterocycles. The van der Waals surface area contributed by atoms with Crippen molar-refractivity contribution >= 4 is 6.29 Å². The predicted octanol–water partition coefficient (Wildman–Crippen LogP) is 1.78. The van der Waals surface area contributed by atoms with Gasteiger partial charge in [-0.2, -0.15) is 0 Å². The van der Waals surface area contributed by atoms with E-state index in [2.05, 4.69) is 6.58 Å². The second kappa shape index (κ2) is 5.05. The molecule has 0 unspecified atom stereocenters. The second-order valence-electron chi connectivity index (χ2n) is 2.75. The summed E-state index contributed by atoms with van der Waals surface area (Å²) < 4.78 is 10.2. The molecule has 1 aromatic carbocycles. The highest BCUT2D eigenvalue weighted by Crippen LogP contribution is 2.38. The number of aromatic hydroxyl groups is 1. The lowest BCUT2D eigenvalue weighted by Gasteiger charge is -2.11. The van der Waals surface area contributed by atoms with Crippen molar-refractivity contribution in [3.63, 3.8) is 0 Å². The average molecular weight is 208 g/mol. The third-order valence-electron chi connectivity index (χ3n) is 1.81. The summed E-state index contributed by atoms with van der Waals surface area (Å²) in [6.45, 7) is 3.80. The molecular formula is C11H12O4. The number of ether oxygens (including phenoxy) is 2. The van der Waals surface area contributed by atoms with E-state index in [-0.39, 0.29) is 17.1 Å². The van der Waals surface area contributed by atoms with Gasteiger partial charge in [-0.05, 0) is 12.1 Å². The first-order chi connectivity index (χ1) is 7.24. The van der Waals surface area contributed by atoms with Crippen molar-refractivity contribution in [2.75, 3.05) is 13.7 Å². The highest BCUT2D eigenvalue weighted by molar-refractivity contribution is 5.82. The average Bonchev–Trinajstić information content (AvgIpc) is 2.26. The van der Waals surface area contributed by atoms with Gasteiger partial charge >= 0.3 is 0 Å². The lowest BCUT2D eigenvalue weighted by atomic mass is 10.2. The molecule has 0 heterocycles. The van der Waals surface area contributed by atoms with E-state index in [1.165, 1.54) is 13.2 Å². The van der Waals surface area contributed by atoms with Crippen LogP contribution in [0.25, 0.3) is 0 Å². The number of aldehydes is 1. The predicted molar refractivity (Wildman–Crippen MR) is 55.7 cm³/mol. The number of hydrogen-bond acceptors (Lipinski definition) is 4. The van der Waals surface area contributed by atoms with Gasteiger partial charge in [-0.3, -0.25) is 4.79 Å². The fraction of sp³-hybridized carbons (Fsp3) is 0.182. The Morgan fingerprint density at radius 1 is 1.53 bits per heavy atom. The van der Waals surface area contributed by atoms with Crippen LogP contribution in [0.5, 0.6) is 17.2 Å². The highest BCUT2D eigenvalue weighted by Gasteiger charge is 2.13. The molecule has 4 nitrogen and oxygen atoms in total. The molecule has 1 rings (SSSR count). The third kappa shape index (κ3) is 2.28. The van der Waals surface area contributed by atoms with Crippen LogP contribution in [0.3, 0.4) is 0 Å². The van der Waals surface area contributed by atoms with Gasteiger partial charge in [0.2, 0.25) is 5.75 Å². The largest absolute Gasteiger partial charge is 0.504 e. The van der Waals surface area contributed by atoms with E-state index in [0.717, 1.165) is 0 Å². The molecule has 1 aromatic rings. The Labute approximate surface area is 87.7 Å². The summed E-state index contributed by atoms with van der Waals surface area (Å²) in [5.41, 5.74) is 0.165. The molecule has 0 saturated heterocycles. The maximum Gasteiger partial charge on any atom is 0.203 e. The van der Waals surface area contributed by atoms with Crippen molar-refractivity contribution in [2.24, 2.45) is 0 Å². The van der Waals surface area contributed by atoms with Crippen LogP contribution in [0.15, 0.2) is 24.8 Å². The van der Waals surface area contributed by atoms with Crippen molar-refractivity contribution in [1.29, 1.82) is 0 Å². The minimum atomic E-state index is -0.214. The first-order valence-corrected chi connectivity index (χ1v) is 4.33. The standard InChI is InChI=1S/C11H12O4/c1-3-6-15-9-5-4-8(7-12)10(13)11(9)14-2/h3-5,7,13H,1,6H2,2H3. The Balaban J connectivity index is 3.11. The van der Waals surface area contributed by atoms with Gasteiger partial charge in [0.05, 0.1) is 12.7 Å². The summed E-state index contributed by atoms with van der Waals surface area (Å²) in [4.78, 5) is 10.5. The molecule has 0 bridgehead atoms. The summed E-state index contributed by atoms with van der Waals surface area (Å²) in [7, 11) is 1.39. The van der Waals surface area contributed by atoms with Crippen molar-refractivity contribution < 1.29 is 19.4 Å². The quantitative estimate of drug-likeness (QED) is 0.592. The molecule has 0 radical (unpaired) electrons. The molecule has 1 N–H and O–H groups in total. The summed E-state index contributed by atoms with van der Waals surface area (Å²) >= 11 is 0. The molecule has 80 valence electrons. The fourth-order valence-corrected chi connectivity index (χ4v) is 1.12. The Morgan fingerprint density at radius 3 is 2.80 bits per heavy atom. The third-order valence-corrected chi connectivity index (χ3v) is 1.81. The van der Waals surface area contributed by atoms with Gasteiger partial charge < -0.3 is 14.6 Å². The van der Waals surface area contributed by atoms with Crippen LogP contribution in [-0.4, -0.2) is 25.1 Å². The molecule has 0 aliphatic rings. The van der Waals surface area contributed by atoms with E-state index in [4.69, 9.17) is 9.47 Å². The summed E-state index contributed by atoms with van der Waals surface area (Å²) in [6, 6.07) is 3.02. The molecular weight excluding hydrogens is 196 g/mol. The number of phenolic OH excluding ortho intramolecular Hbond substituents is 1. The lowest BCUT2D eigenvalue weighted by molar-refractivity contribution is 0.112. The van der Waals surface area contributed by atoms with Gasteiger partial charge in [0.1, 0.15) is 6.61 Å². The zero-order chi connectivity index (χ0) is 11.3. The molecule has 0 spiro atoms. The van der Waals surface area contributed by atoms with E-state index >= 15 is 0 Å². The molecule has 0 atom stereocenters. The van der Waals surface area contributed by atoms with Crippen LogP contribution in [0.1, 0.15) is 10.4 Å².